The zero-order chi connectivity index (χ0) is 31.1. The quantitative estimate of drug-likeness (QED) is 0.308. The number of aromatic nitrogens is 4. The summed E-state index contributed by atoms with van der Waals surface area (Å²) in [6, 6.07) is 9.79. The van der Waals surface area contributed by atoms with E-state index in [1.54, 1.807) is 10.7 Å². The number of aryl methyl sites for hydroxylation is 1. The fraction of sp³-hybridized carbons (Fsp3) is 0.515. The Bertz CT molecular complexity index is 1650. The van der Waals surface area contributed by atoms with Gasteiger partial charge in [0, 0.05) is 43.4 Å². The number of fused-ring (bicyclic) bond motifs is 7. The van der Waals surface area contributed by atoms with Crippen molar-refractivity contribution in [3.8, 4) is 17.3 Å². The summed E-state index contributed by atoms with van der Waals surface area (Å²) in [4.78, 5) is 24.2. The summed E-state index contributed by atoms with van der Waals surface area (Å²) < 4.78 is 26.6. The minimum atomic E-state index is -1.24. The topological polar surface area (TPSA) is 124 Å². The molecule has 1 aromatic carbocycles. The van der Waals surface area contributed by atoms with Crippen LogP contribution in [0.3, 0.4) is 0 Å². The van der Waals surface area contributed by atoms with Gasteiger partial charge in [0.2, 0.25) is 5.89 Å². The van der Waals surface area contributed by atoms with Gasteiger partial charge in [0.25, 0.3) is 0 Å². The average Bonchev–Trinajstić information content (AvgIpc) is 3.60. The third kappa shape index (κ3) is 6.30. The van der Waals surface area contributed by atoms with Crippen LogP contribution in [0.5, 0.6) is 5.75 Å². The Kier molecular flexibility index (Phi) is 8.10. The maximum absolute atomic E-state index is 12.7. The second-order valence-electron chi connectivity index (χ2n) is 12.9. The molecule has 7 rings (SSSR count). The zero-order valence-electron chi connectivity index (χ0n) is 26.1. The van der Waals surface area contributed by atoms with Crippen molar-refractivity contribution in [2.75, 3.05) is 31.2 Å². The van der Waals surface area contributed by atoms with Gasteiger partial charge in [-0.3, -0.25) is 0 Å². The van der Waals surface area contributed by atoms with Crippen LogP contribution in [0.15, 0.2) is 40.9 Å². The van der Waals surface area contributed by atoms with E-state index >= 15 is 0 Å². The third-order valence-electron chi connectivity index (χ3n) is 8.24. The number of para-hydroxylation sites is 1. The molecular weight excluding hydrogens is 562 g/mol. The van der Waals surface area contributed by atoms with Crippen LogP contribution in [0.2, 0.25) is 0 Å². The molecular formula is C33H41N5O6. The van der Waals surface area contributed by atoms with Crippen LogP contribution in [0.4, 0.5) is 5.82 Å². The summed E-state index contributed by atoms with van der Waals surface area (Å²) in [7, 11) is 0. The van der Waals surface area contributed by atoms with Gasteiger partial charge in [0.05, 0.1) is 29.6 Å². The number of hydrogen-bond donors (Lipinski definition) is 1. The number of aliphatic carboxylic acids is 1. The van der Waals surface area contributed by atoms with Crippen molar-refractivity contribution in [3.05, 3.63) is 59.1 Å². The van der Waals surface area contributed by atoms with Gasteiger partial charge in [0.15, 0.2) is 17.4 Å². The van der Waals surface area contributed by atoms with Crippen molar-refractivity contribution in [2.45, 2.75) is 84.0 Å². The summed E-state index contributed by atoms with van der Waals surface area (Å²) in [6.45, 7) is 12.1. The zero-order valence-corrected chi connectivity index (χ0v) is 26.1. The van der Waals surface area contributed by atoms with E-state index in [1.807, 2.05) is 58.0 Å². The number of piperidine rings is 1. The summed E-state index contributed by atoms with van der Waals surface area (Å²) in [5.41, 5.74) is 2.17. The van der Waals surface area contributed by atoms with Gasteiger partial charge in [-0.15, -0.1) is 0 Å². The average molecular weight is 604 g/mol. The SMILES string of the molecule is Cc1nc2cc3nn2c(c1[C@H](OC(C)(C)C)C(=O)O)N1CCC(C)(CC1)OCCCCOc1ccccc1Cc1cnc-3o1. The van der Waals surface area contributed by atoms with Crippen molar-refractivity contribution in [2.24, 2.45) is 0 Å². The molecule has 0 amide bonds. The number of ether oxygens (including phenoxy) is 3. The van der Waals surface area contributed by atoms with Crippen LogP contribution in [-0.4, -0.2) is 68.2 Å². The van der Waals surface area contributed by atoms with Gasteiger partial charge in [-0.1, -0.05) is 18.2 Å². The molecule has 0 aliphatic carbocycles. The highest BCUT2D eigenvalue weighted by atomic mass is 16.5. The number of benzene rings is 1. The predicted molar refractivity (Wildman–Crippen MR) is 164 cm³/mol. The van der Waals surface area contributed by atoms with Crippen LogP contribution in [-0.2, 0) is 20.7 Å². The number of hydrogen-bond acceptors (Lipinski definition) is 9. The molecule has 1 fully saturated rings. The minimum Gasteiger partial charge on any atom is -0.493 e. The Morgan fingerprint density at radius 2 is 1.89 bits per heavy atom. The summed E-state index contributed by atoms with van der Waals surface area (Å²) in [6.07, 6.45) is 4.31. The first-order chi connectivity index (χ1) is 21.0. The lowest BCUT2D eigenvalue weighted by atomic mass is 9.92. The monoisotopic (exact) mass is 603 g/mol. The molecule has 1 N–H and O–H groups in total. The van der Waals surface area contributed by atoms with Crippen LogP contribution in [0.25, 0.3) is 17.2 Å². The van der Waals surface area contributed by atoms with Gasteiger partial charge >= 0.3 is 5.97 Å². The molecule has 0 saturated carbocycles. The molecule has 6 heterocycles. The van der Waals surface area contributed by atoms with Gasteiger partial charge < -0.3 is 28.6 Å². The molecule has 3 aliphatic rings. The highest BCUT2D eigenvalue weighted by molar-refractivity contribution is 5.78. The van der Waals surface area contributed by atoms with Crippen molar-refractivity contribution in [1.29, 1.82) is 0 Å². The van der Waals surface area contributed by atoms with E-state index < -0.39 is 17.7 Å². The van der Waals surface area contributed by atoms with E-state index in [0.717, 1.165) is 37.0 Å². The van der Waals surface area contributed by atoms with E-state index in [4.69, 9.17) is 28.7 Å². The smallest absolute Gasteiger partial charge is 0.337 e. The highest BCUT2D eigenvalue weighted by Gasteiger charge is 2.38. The lowest BCUT2D eigenvalue weighted by Gasteiger charge is -2.41. The van der Waals surface area contributed by atoms with Crippen LogP contribution >= 0.6 is 0 Å². The molecule has 6 bridgehead atoms. The highest BCUT2D eigenvalue weighted by Crippen LogP contribution is 2.38. The molecule has 11 heteroatoms. The molecule has 11 nitrogen and oxygen atoms in total. The second kappa shape index (κ2) is 11.9. The van der Waals surface area contributed by atoms with Crippen LogP contribution in [0, 0.1) is 6.92 Å². The van der Waals surface area contributed by atoms with Crippen molar-refractivity contribution in [3.63, 3.8) is 0 Å². The molecule has 0 spiro atoms. The number of carboxylic acid groups (broad SMARTS) is 1. The molecule has 1 atom stereocenters. The van der Waals surface area contributed by atoms with E-state index in [9.17, 15) is 9.90 Å². The number of nitrogens with zero attached hydrogens (tertiary/aromatic N) is 5. The number of anilines is 1. The van der Waals surface area contributed by atoms with Crippen LogP contribution < -0.4 is 9.64 Å². The Hall–Kier alpha value is -3.96. The molecule has 0 unspecified atom stereocenters. The van der Waals surface area contributed by atoms with E-state index in [1.165, 1.54) is 0 Å². The third-order valence-corrected chi connectivity index (χ3v) is 8.24. The van der Waals surface area contributed by atoms with Crippen molar-refractivity contribution < 1.29 is 28.5 Å². The maximum atomic E-state index is 12.7. The molecule has 4 aromatic rings. The standard InChI is InChI=1S/C33H41N5O6/c1-21-27(28(31(39)40)44-32(2,3)4)30-37-14-12-33(5,13-15-37)42-17-9-8-16-41-25-11-7-6-10-22(25)18-23-20-34-29(43-23)24-19-26(35-21)38(30)36-24/h6-7,10-11,19-20,28H,8-9,12-18H2,1-5H3,(H,39,40)/t28-/m0/s1. The summed E-state index contributed by atoms with van der Waals surface area (Å²) in [5.74, 6) is 1.45. The number of rotatable bonds is 3. The predicted octanol–water partition coefficient (Wildman–Crippen LogP) is 5.77. The lowest BCUT2D eigenvalue weighted by molar-refractivity contribution is -0.160. The Morgan fingerprint density at radius 1 is 1.14 bits per heavy atom. The fourth-order valence-electron chi connectivity index (χ4n) is 5.94. The van der Waals surface area contributed by atoms with E-state index in [2.05, 4.69) is 16.8 Å². The number of oxazole rings is 1. The number of carbonyl (C=O) groups is 1. The van der Waals surface area contributed by atoms with E-state index in [-0.39, 0.29) is 5.60 Å². The first-order valence-corrected chi connectivity index (χ1v) is 15.4. The molecule has 1 saturated heterocycles. The molecule has 3 aliphatic heterocycles. The molecule has 44 heavy (non-hydrogen) atoms. The van der Waals surface area contributed by atoms with Crippen LogP contribution in [0.1, 0.15) is 82.1 Å². The van der Waals surface area contributed by atoms with E-state index in [0.29, 0.717) is 72.8 Å². The Morgan fingerprint density at radius 3 is 2.64 bits per heavy atom. The number of carboxylic acids is 1. The van der Waals surface area contributed by atoms with Gasteiger partial charge in [0.1, 0.15) is 17.3 Å². The second-order valence-corrected chi connectivity index (χ2v) is 12.9. The first-order valence-electron chi connectivity index (χ1n) is 15.4. The lowest BCUT2D eigenvalue weighted by Crippen LogP contribution is -2.46. The van der Waals surface area contributed by atoms with Gasteiger partial charge in [-0.2, -0.15) is 9.61 Å². The minimum absolute atomic E-state index is 0.288. The fourth-order valence-corrected chi connectivity index (χ4v) is 5.94. The first kappa shape index (κ1) is 30.1. The molecule has 234 valence electrons. The normalized spacial score (nSPS) is 18.2. The molecule has 3 aromatic heterocycles. The Labute approximate surface area is 257 Å². The maximum Gasteiger partial charge on any atom is 0.337 e. The van der Waals surface area contributed by atoms with Crippen molar-refractivity contribution >= 4 is 17.4 Å². The molecule has 0 radical (unpaired) electrons. The van der Waals surface area contributed by atoms with Gasteiger partial charge in [-0.05, 0) is 66.4 Å². The van der Waals surface area contributed by atoms with Gasteiger partial charge in [-0.25, -0.2) is 14.8 Å². The van der Waals surface area contributed by atoms with Crippen molar-refractivity contribution in [1.82, 2.24) is 19.6 Å². The summed E-state index contributed by atoms with van der Waals surface area (Å²) in [5, 5.41) is 15.3. The largest absolute Gasteiger partial charge is 0.493 e. The summed E-state index contributed by atoms with van der Waals surface area (Å²) >= 11 is 0. The Balaban J connectivity index is 1.47.